The third-order valence-corrected chi connectivity index (χ3v) is 3.57. The second-order valence-electron chi connectivity index (χ2n) is 6.23. The molecule has 1 aliphatic carbocycles. The molecule has 0 spiro atoms. The van der Waals surface area contributed by atoms with Crippen molar-refractivity contribution in [3.8, 4) is 11.5 Å². The van der Waals surface area contributed by atoms with E-state index in [0.29, 0.717) is 12.5 Å². The molecule has 1 atom stereocenters. The number of hydrogen-bond donors (Lipinski definition) is 0. The summed E-state index contributed by atoms with van der Waals surface area (Å²) in [6.45, 7) is 11.2. The Hall–Kier alpha value is -1.70. The predicted octanol–water partition coefficient (Wildman–Crippen LogP) is 5.07. The molecular weight excluding hydrogens is 260 g/mol. The zero-order valence-electron chi connectivity index (χ0n) is 13.8. The molecule has 0 radical (unpaired) electrons. The minimum atomic E-state index is 0.173. The quantitative estimate of drug-likeness (QED) is 0.752. The van der Waals surface area contributed by atoms with Gasteiger partial charge in [-0.2, -0.15) is 0 Å². The van der Waals surface area contributed by atoms with E-state index < -0.39 is 0 Å². The minimum absolute atomic E-state index is 0.173. The van der Waals surface area contributed by atoms with Gasteiger partial charge in [0, 0.05) is 6.07 Å². The molecule has 2 rings (SSSR count). The number of aryl methyl sites for hydroxylation is 1. The second kappa shape index (κ2) is 6.84. The normalized spacial score (nSPS) is 18.3. The Morgan fingerprint density at radius 1 is 1.14 bits per heavy atom. The van der Waals surface area contributed by atoms with Crippen LogP contribution in [0.3, 0.4) is 0 Å². The SMILES string of the molecule is CC1=CC(C)CC=C1COc1cc(C)cc(OC(C)C)c1. The lowest BCUT2D eigenvalue weighted by Crippen LogP contribution is -2.08. The van der Waals surface area contributed by atoms with Gasteiger partial charge < -0.3 is 9.47 Å². The minimum Gasteiger partial charge on any atom is -0.491 e. The van der Waals surface area contributed by atoms with Crippen molar-refractivity contribution in [2.45, 2.75) is 47.1 Å². The van der Waals surface area contributed by atoms with Crippen LogP contribution in [-0.4, -0.2) is 12.7 Å². The molecular formula is C19H26O2. The van der Waals surface area contributed by atoms with E-state index in [1.54, 1.807) is 0 Å². The Balaban J connectivity index is 2.03. The first-order valence-electron chi connectivity index (χ1n) is 7.73. The molecule has 1 aliphatic rings. The van der Waals surface area contributed by atoms with Crippen molar-refractivity contribution < 1.29 is 9.47 Å². The maximum Gasteiger partial charge on any atom is 0.123 e. The molecule has 0 heterocycles. The summed E-state index contributed by atoms with van der Waals surface area (Å²) < 4.78 is 11.7. The van der Waals surface area contributed by atoms with Gasteiger partial charge in [-0.05, 0) is 68.9 Å². The summed E-state index contributed by atoms with van der Waals surface area (Å²) in [4.78, 5) is 0. The maximum absolute atomic E-state index is 5.97. The summed E-state index contributed by atoms with van der Waals surface area (Å²) in [5.41, 5.74) is 3.78. The van der Waals surface area contributed by atoms with E-state index in [4.69, 9.17) is 9.47 Å². The first kappa shape index (κ1) is 15.7. The molecule has 0 fully saturated rings. The molecule has 0 N–H and O–H groups in total. The zero-order valence-corrected chi connectivity index (χ0v) is 13.8. The van der Waals surface area contributed by atoms with Crippen molar-refractivity contribution in [1.29, 1.82) is 0 Å². The van der Waals surface area contributed by atoms with Gasteiger partial charge in [-0.1, -0.05) is 19.1 Å². The Labute approximate surface area is 128 Å². The lowest BCUT2D eigenvalue weighted by atomic mass is 9.93. The molecule has 1 aromatic rings. The van der Waals surface area contributed by atoms with E-state index in [0.717, 1.165) is 23.5 Å². The molecule has 1 aromatic carbocycles. The zero-order chi connectivity index (χ0) is 15.4. The standard InChI is InChI=1S/C19H26O2/c1-13(2)21-19-10-15(4)9-18(11-19)20-12-17-7-6-14(3)8-16(17)5/h7-11,13-14H,6,12H2,1-5H3. The van der Waals surface area contributed by atoms with Crippen LogP contribution in [-0.2, 0) is 0 Å². The monoisotopic (exact) mass is 286 g/mol. The summed E-state index contributed by atoms with van der Waals surface area (Å²) in [6.07, 6.45) is 5.89. The van der Waals surface area contributed by atoms with Crippen LogP contribution in [0.15, 0.2) is 41.5 Å². The van der Waals surface area contributed by atoms with Crippen molar-refractivity contribution in [2.24, 2.45) is 5.92 Å². The summed E-state index contributed by atoms with van der Waals surface area (Å²) in [6, 6.07) is 6.07. The molecule has 2 heteroatoms. The van der Waals surface area contributed by atoms with Gasteiger partial charge >= 0.3 is 0 Å². The fraction of sp³-hybridized carbons (Fsp3) is 0.474. The third kappa shape index (κ3) is 4.66. The average Bonchev–Trinajstić information content (AvgIpc) is 2.36. The van der Waals surface area contributed by atoms with Crippen LogP contribution >= 0.6 is 0 Å². The Bertz CT molecular complexity index is 553. The number of allylic oxidation sites excluding steroid dienone is 2. The number of benzene rings is 1. The number of hydrogen-bond acceptors (Lipinski definition) is 2. The fourth-order valence-corrected chi connectivity index (χ4v) is 2.56. The van der Waals surface area contributed by atoms with Gasteiger partial charge in [0.05, 0.1) is 6.10 Å². The van der Waals surface area contributed by atoms with Crippen LogP contribution in [0, 0.1) is 12.8 Å². The van der Waals surface area contributed by atoms with Crippen LogP contribution in [0.1, 0.15) is 39.7 Å². The summed E-state index contributed by atoms with van der Waals surface area (Å²) in [5.74, 6) is 2.38. The van der Waals surface area contributed by atoms with Crippen LogP contribution in [0.2, 0.25) is 0 Å². The summed E-state index contributed by atoms with van der Waals surface area (Å²) in [5, 5.41) is 0. The molecule has 0 bridgehead atoms. The third-order valence-electron chi connectivity index (χ3n) is 3.57. The van der Waals surface area contributed by atoms with E-state index in [9.17, 15) is 0 Å². The number of ether oxygens (including phenoxy) is 2. The predicted molar refractivity (Wildman–Crippen MR) is 88.1 cm³/mol. The molecule has 21 heavy (non-hydrogen) atoms. The largest absolute Gasteiger partial charge is 0.491 e. The van der Waals surface area contributed by atoms with Gasteiger partial charge in [0.2, 0.25) is 0 Å². The van der Waals surface area contributed by atoms with Crippen LogP contribution in [0.4, 0.5) is 0 Å². The Morgan fingerprint density at radius 2 is 1.86 bits per heavy atom. The highest BCUT2D eigenvalue weighted by Gasteiger charge is 2.10. The summed E-state index contributed by atoms with van der Waals surface area (Å²) in [7, 11) is 0. The van der Waals surface area contributed by atoms with E-state index in [1.165, 1.54) is 11.1 Å². The fourth-order valence-electron chi connectivity index (χ4n) is 2.56. The smallest absolute Gasteiger partial charge is 0.123 e. The van der Waals surface area contributed by atoms with Crippen LogP contribution < -0.4 is 9.47 Å². The van der Waals surface area contributed by atoms with Crippen molar-refractivity contribution in [3.05, 3.63) is 47.1 Å². The van der Waals surface area contributed by atoms with E-state index in [1.807, 2.05) is 26.0 Å². The molecule has 0 saturated carbocycles. The highest BCUT2D eigenvalue weighted by molar-refractivity contribution is 5.39. The van der Waals surface area contributed by atoms with Gasteiger partial charge in [-0.3, -0.25) is 0 Å². The highest BCUT2D eigenvalue weighted by atomic mass is 16.5. The van der Waals surface area contributed by atoms with Crippen molar-refractivity contribution in [1.82, 2.24) is 0 Å². The molecule has 0 saturated heterocycles. The average molecular weight is 286 g/mol. The first-order valence-corrected chi connectivity index (χ1v) is 7.73. The number of rotatable bonds is 5. The van der Waals surface area contributed by atoms with E-state index in [-0.39, 0.29) is 6.10 Å². The Morgan fingerprint density at radius 3 is 2.52 bits per heavy atom. The van der Waals surface area contributed by atoms with Gasteiger partial charge in [-0.15, -0.1) is 0 Å². The Kier molecular flexibility index (Phi) is 5.11. The summed E-state index contributed by atoms with van der Waals surface area (Å²) >= 11 is 0. The lowest BCUT2D eigenvalue weighted by molar-refractivity contribution is 0.240. The lowest BCUT2D eigenvalue weighted by Gasteiger charge is -2.18. The van der Waals surface area contributed by atoms with Gasteiger partial charge in [0.1, 0.15) is 18.1 Å². The molecule has 2 nitrogen and oxygen atoms in total. The van der Waals surface area contributed by atoms with Gasteiger partial charge in [-0.25, -0.2) is 0 Å². The molecule has 1 unspecified atom stereocenters. The van der Waals surface area contributed by atoms with Crippen molar-refractivity contribution in [2.75, 3.05) is 6.61 Å². The molecule has 0 amide bonds. The van der Waals surface area contributed by atoms with Crippen LogP contribution in [0.25, 0.3) is 0 Å². The van der Waals surface area contributed by atoms with Crippen molar-refractivity contribution in [3.63, 3.8) is 0 Å². The van der Waals surface area contributed by atoms with Gasteiger partial charge in [0.15, 0.2) is 0 Å². The highest BCUT2D eigenvalue weighted by Crippen LogP contribution is 2.26. The molecule has 114 valence electrons. The van der Waals surface area contributed by atoms with E-state index >= 15 is 0 Å². The first-order chi connectivity index (χ1) is 9.94. The van der Waals surface area contributed by atoms with E-state index in [2.05, 4.69) is 39.0 Å². The van der Waals surface area contributed by atoms with Crippen molar-refractivity contribution >= 4 is 0 Å². The second-order valence-corrected chi connectivity index (χ2v) is 6.23. The maximum atomic E-state index is 5.97. The van der Waals surface area contributed by atoms with Gasteiger partial charge in [0.25, 0.3) is 0 Å². The molecule has 0 aromatic heterocycles. The molecule has 0 aliphatic heterocycles. The topological polar surface area (TPSA) is 18.5 Å². The van der Waals surface area contributed by atoms with Crippen LogP contribution in [0.5, 0.6) is 11.5 Å².